The quantitative estimate of drug-likeness (QED) is 0.636. The number of pyridine rings is 1. The Balaban J connectivity index is 1.58. The van der Waals surface area contributed by atoms with E-state index < -0.39 is 42.7 Å². The molecule has 1 N–H and O–H groups in total. The van der Waals surface area contributed by atoms with Crippen LogP contribution in [0.1, 0.15) is 39.0 Å². The summed E-state index contributed by atoms with van der Waals surface area (Å²) in [7, 11) is 0. The number of carbonyl (C=O) groups excluding carboxylic acids is 1. The minimum atomic E-state index is -4.53. The maximum atomic E-state index is 13.1. The highest BCUT2D eigenvalue weighted by molar-refractivity contribution is 5.99. The molecule has 180 valence electrons. The zero-order valence-corrected chi connectivity index (χ0v) is 17.3. The Labute approximate surface area is 180 Å². The summed E-state index contributed by atoms with van der Waals surface area (Å²) in [6.45, 7) is -0.672. The maximum Gasteiger partial charge on any atom is 0.425 e. The Morgan fingerprint density at radius 2 is 1.78 bits per heavy atom. The van der Waals surface area contributed by atoms with Crippen LogP contribution in [0.2, 0.25) is 0 Å². The molecule has 0 radical (unpaired) electrons. The van der Waals surface area contributed by atoms with Gasteiger partial charge in [-0.1, -0.05) is 0 Å². The first kappa shape index (κ1) is 24.6. The largest absolute Gasteiger partial charge is 0.465 e. The van der Waals surface area contributed by atoms with Gasteiger partial charge in [0.05, 0.1) is 29.5 Å². The zero-order valence-electron chi connectivity index (χ0n) is 17.3. The summed E-state index contributed by atoms with van der Waals surface area (Å²) in [5.41, 5.74) is -1.75. The molecule has 2 fully saturated rings. The average molecular weight is 470 g/mol. The molecule has 2 aliphatic rings. The van der Waals surface area contributed by atoms with E-state index in [0.29, 0.717) is 31.5 Å². The summed E-state index contributed by atoms with van der Waals surface area (Å²) in [4.78, 5) is 18.4. The molecule has 1 amide bonds. The predicted octanol–water partition coefficient (Wildman–Crippen LogP) is 4.02. The first-order valence-electron chi connectivity index (χ1n) is 10.1. The molecule has 1 saturated heterocycles. The van der Waals surface area contributed by atoms with Gasteiger partial charge in [0.15, 0.2) is 6.10 Å². The van der Waals surface area contributed by atoms with Crippen molar-refractivity contribution in [2.75, 3.05) is 24.7 Å². The molecule has 1 aromatic heterocycles. The van der Waals surface area contributed by atoms with E-state index in [1.54, 1.807) is 0 Å². The van der Waals surface area contributed by atoms with Crippen LogP contribution in [-0.4, -0.2) is 59.8 Å². The van der Waals surface area contributed by atoms with Crippen LogP contribution < -0.4 is 9.64 Å². The molecule has 32 heavy (non-hydrogen) atoms. The SMILES string of the molecule is C[C@H](Oc1ccc(N2CC[C@]3(CC[C@@](O)(COCC(F)(F)F)CC3)C2=O)cn1)C(F)(F)F. The summed E-state index contributed by atoms with van der Waals surface area (Å²) < 4.78 is 83.9. The minimum absolute atomic E-state index is 0.130. The fourth-order valence-corrected chi connectivity index (χ4v) is 4.08. The number of ether oxygens (including phenoxy) is 2. The van der Waals surface area contributed by atoms with E-state index in [1.165, 1.54) is 23.2 Å². The van der Waals surface area contributed by atoms with Gasteiger partial charge >= 0.3 is 12.4 Å². The molecule has 2 heterocycles. The topological polar surface area (TPSA) is 71.9 Å². The number of amides is 1. The van der Waals surface area contributed by atoms with Crippen molar-refractivity contribution in [1.82, 2.24) is 4.98 Å². The zero-order chi connectivity index (χ0) is 23.8. The Hall–Kier alpha value is -2.08. The van der Waals surface area contributed by atoms with Crippen LogP contribution in [0.15, 0.2) is 18.3 Å². The predicted molar refractivity (Wildman–Crippen MR) is 100 cm³/mol. The number of alkyl halides is 6. The molecular weight excluding hydrogens is 446 g/mol. The molecular formula is C20H24F6N2O4. The monoisotopic (exact) mass is 470 g/mol. The Morgan fingerprint density at radius 3 is 2.31 bits per heavy atom. The first-order valence-corrected chi connectivity index (χ1v) is 10.1. The third-order valence-electron chi connectivity index (χ3n) is 6.08. The molecule has 1 aliphatic heterocycles. The fraction of sp³-hybridized carbons (Fsp3) is 0.700. The van der Waals surface area contributed by atoms with Crippen molar-refractivity contribution in [1.29, 1.82) is 0 Å². The first-order chi connectivity index (χ1) is 14.7. The minimum Gasteiger partial charge on any atom is -0.465 e. The number of carbonyl (C=O) groups is 1. The second-order valence-corrected chi connectivity index (χ2v) is 8.48. The van der Waals surface area contributed by atoms with Gasteiger partial charge in [0.1, 0.15) is 6.61 Å². The highest BCUT2D eigenvalue weighted by Gasteiger charge is 2.52. The van der Waals surface area contributed by atoms with Crippen molar-refractivity contribution in [2.45, 2.75) is 63.1 Å². The van der Waals surface area contributed by atoms with Gasteiger partial charge in [-0.15, -0.1) is 0 Å². The average Bonchev–Trinajstić information content (AvgIpc) is 3.00. The third kappa shape index (κ3) is 5.64. The molecule has 0 aromatic carbocycles. The van der Waals surface area contributed by atoms with Crippen LogP contribution in [0, 0.1) is 5.41 Å². The smallest absolute Gasteiger partial charge is 0.425 e. The van der Waals surface area contributed by atoms with Crippen LogP contribution in [0.4, 0.5) is 32.0 Å². The molecule has 6 nitrogen and oxygen atoms in total. The molecule has 12 heteroatoms. The van der Waals surface area contributed by atoms with Crippen LogP contribution in [0.3, 0.4) is 0 Å². The molecule has 1 saturated carbocycles. The molecule has 0 bridgehead atoms. The van der Waals surface area contributed by atoms with Crippen molar-refractivity contribution in [3.63, 3.8) is 0 Å². The lowest BCUT2D eigenvalue weighted by Gasteiger charge is -2.40. The number of rotatable bonds is 6. The summed E-state index contributed by atoms with van der Waals surface area (Å²) in [6, 6.07) is 2.71. The van der Waals surface area contributed by atoms with Crippen LogP contribution >= 0.6 is 0 Å². The van der Waals surface area contributed by atoms with E-state index in [2.05, 4.69) is 9.72 Å². The molecule has 1 aromatic rings. The van der Waals surface area contributed by atoms with Gasteiger partial charge in [0, 0.05) is 12.6 Å². The third-order valence-corrected chi connectivity index (χ3v) is 6.08. The van der Waals surface area contributed by atoms with Gasteiger partial charge in [-0.3, -0.25) is 4.79 Å². The molecule has 1 atom stereocenters. The van der Waals surface area contributed by atoms with E-state index in [-0.39, 0.29) is 24.6 Å². The van der Waals surface area contributed by atoms with Crippen molar-refractivity contribution in [3.05, 3.63) is 18.3 Å². The molecule has 0 unspecified atom stereocenters. The van der Waals surface area contributed by atoms with Crippen molar-refractivity contribution in [2.24, 2.45) is 5.41 Å². The number of aliphatic hydroxyl groups is 1. The summed E-state index contributed by atoms with van der Waals surface area (Å²) in [5, 5.41) is 10.5. The second kappa shape index (κ2) is 8.69. The van der Waals surface area contributed by atoms with Crippen LogP contribution in [0.25, 0.3) is 0 Å². The molecule has 3 rings (SSSR count). The number of hydrogen-bond donors (Lipinski definition) is 1. The number of nitrogens with zero attached hydrogens (tertiary/aromatic N) is 2. The van der Waals surface area contributed by atoms with Crippen molar-refractivity contribution >= 4 is 11.6 Å². The number of aromatic nitrogens is 1. The van der Waals surface area contributed by atoms with Gasteiger partial charge in [-0.05, 0) is 45.1 Å². The summed E-state index contributed by atoms with van der Waals surface area (Å²) >= 11 is 0. The Morgan fingerprint density at radius 1 is 1.12 bits per heavy atom. The van der Waals surface area contributed by atoms with Crippen LogP contribution in [0.5, 0.6) is 5.88 Å². The number of halogens is 6. The highest BCUT2D eigenvalue weighted by Crippen LogP contribution is 2.48. The van der Waals surface area contributed by atoms with E-state index in [0.717, 1.165) is 6.92 Å². The van der Waals surface area contributed by atoms with Gasteiger partial charge in [-0.2, -0.15) is 26.3 Å². The van der Waals surface area contributed by atoms with E-state index >= 15 is 0 Å². The normalized spacial score (nSPS) is 27.8. The van der Waals surface area contributed by atoms with Crippen molar-refractivity contribution < 1.29 is 45.7 Å². The Bertz CT molecular complexity index is 804. The van der Waals surface area contributed by atoms with E-state index in [1.807, 2.05) is 0 Å². The van der Waals surface area contributed by atoms with Gasteiger partial charge < -0.3 is 19.5 Å². The lowest BCUT2D eigenvalue weighted by Crippen LogP contribution is -2.46. The van der Waals surface area contributed by atoms with E-state index in [9.17, 15) is 36.2 Å². The standard InChI is InChI=1S/C20H24F6N2O4/c1-13(20(24,25)26)32-15-3-2-14(10-27-15)28-9-8-17(16(28)29)4-6-18(30,7-5-17)11-31-12-19(21,22)23/h2-3,10,13,30H,4-9,11-12H2,1H3/t13-,17-,18+/m0/s1. The Kier molecular flexibility index (Phi) is 6.67. The van der Waals surface area contributed by atoms with Gasteiger partial charge in [0.2, 0.25) is 11.8 Å². The molecule has 1 aliphatic carbocycles. The maximum absolute atomic E-state index is 13.1. The lowest BCUT2D eigenvalue weighted by atomic mass is 9.68. The van der Waals surface area contributed by atoms with E-state index in [4.69, 9.17) is 4.74 Å². The summed E-state index contributed by atoms with van der Waals surface area (Å²) in [6.07, 6.45) is -8.42. The lowest BCUT2D eigenvalue weighted by molar-refractivity contribution is -0.191. The van der Waals surface area contributed by atoms with Crippen molar-refractivity contribution in [3.8, 4) is 5.88 Å². The number of anilines is 1. The van der Waals surface area contributed by atoms with Gasteiger partial charge in [0.25, 0.3) is 0 Å². The number of hydrogen-bond acceptors (Lipinski definition) is 5. The molecule has 1 spiro atoms. The van der Waals surface area contributed by atoms with Crippen LogP contribution in [-0.2, 0) is 9.53 Å². The van der Waals surface area contributed by atoms with Gasteiger partial charge in [-0.25, -0.2) is 4.98 Å². The highest BCUT2D eigenvalue weighted by atomic mass is 19.4. The fourth-order valence-electron chi connectivity index (χ4n) is 4.08. The summed E-state index contributed by atoms with van der Waals surface area (Å²) in [5.74, 6) is -0.420. The second-order valence-electron chi connectivity index (χ2n) is 8.48.